The molecule has 1 N–H and O–H groups in total. The highest BCUT2D eigenvalue weighted by Gasteiger charge is 2.29. The van der Waals surface area contributed by atoms with Crippen molar-refractivity contribution in [1.82, 2.24) is 14.1 Å². The Balaban J connectivity index is 1.37. The summed E-state index contributed by atoms with van der Waals surface area (Å²) in [6.07, 6.45) is 1.69. The van der Waals surface area contributed by atoms with Crippen molar-refractivity contribution in [2.75, 3.05) is 44.6 Å². The van der Waals surface area contributed by atoms with Gasteiger partial charge in [-0.15, -0.1) is 0 Å². The second-order valence-corrected chi connectivity index (χ2v) is 9.79. The van der Waals surface area contributed by atoms with Crippen molar-refractivity contribution in [2.45, 2.75) is 17.7 Å². The summed E-state index contributed by atoms with van der Waals surface area (Å²) >= 11 is 0. The zero-order chi connectivity index (χ0) is 22.7. The fourth-order valence-electron chi connectivity index (χ4n) is 3.90. The van der Waals surface area contributed by atoms with Gasteiger partial charge in [0.25, 0.3) is 5.91 Å². The van der Waals surface area contributed by atoms with Gasteiger partial charge in [-0.05, 0) is 55.3 Å². The molecule has 3 amide bonds. The number of benzene rings is 2. The van der Waals surface area contributed by atoms with Crippen LogP contribution >= 0.6 is 0 Å². The molecule has 0 radical (unpaired) electrons. The first-order valence-corrected chi connectivity index (χ1v) is 12.0. The third-order valence-corrected chi connectivity index (χ3v) is 7.63. The highest BCUT2D eigenvalue weighted by Crippen LogP contribution is 2.22. The molecular formula is C22H25FN4O4S. The van der Waals surface area contributed by atoms with E-state index >= 15 is 0 Å². The average molecular weight is 461 g/mol. The Morgan fingerprint density at radius 3 is 2.12 bits per heavy atom. The molecule has 0 aliphatic carbocycles. The van der Waals surface area contributed by atoms with Gasteiger partial charge < -0.3 is 15.1 Å². The Morgan fingerprint density at radius 2 is 1.47 bits per heavy atom. The third kappa shape index (κ3) is 4.76. The molecule has 170 valence electrons. The lowest BCUT2D eigenvalue weighted by Crippen LogP contribution is -2.51. The first-order valence-electron chi connectivity index (χ1n) is 10.6. The number of rotatable bonds is 4. The number of hydrogen-bond donors (Lipinski definition) is 1. The molecule has 0 saturated carbocycles. The van der Waals surface area contributed by atoms with E-state index in [1.807, 2.05) is 0 Å². The molecule has 10 heteroatoms. The van der Waals surface area contributed by atoms with Gasteiger partial charge in [0.05, 0.1) is 4.90 Å². The van der Waals surface area contributed by atoms with Crippen LogP contribution in [0.4, 0.5) is 14.9 Å². The van der Waals surface area contributed by atoms with Crippen molar-refractivity contribution in [2.24, 2.45) is 0 Å². The second-order valence-electron chi connectivity index (χ2n) is 7.86. The van der Waals surface area contributed by atoms with Crippen LogP contribution < -0.4 is 5.32 Å². The van der Waals surface area contributed by atoms with Crippen LogP contribution in [0.5, 0.6) is 0 Å². The number of piperazine rings is 1. The molecule has 32 heavy (non-hydrogen) atoms. The van der Waals surface area contributed by atoms with Gasteiger partial charge in [0, 0.05) is 50.5 Å². The van der Waals surface area contributed by atoms with E-state index in [1.54, 1.807) is 21.9 Å². The largest absolute Gasteiger partial charge is 0.335 e. The number of halogens is 1. The molecule has 0 unspecified atom stereocenters. The Labute approximate surface area is 186 Å². The predicted molar refractivity (Wildman–Crippen MR) is 117 cm³/mol. The maximum atomic E-state index is 13.0. The summed E-state index contributed by atoms with van der Waals surface area (Å²) in [6, 6.07) is 11.3. The van der Waals surface area contributed by atoms with Gasteiger partial charge in [0.15, 0.2) is 0 Å². The number of carbonyl (C=O) groups is 2. The summed E-state index contributed by atoms with van der Waals surface area (Å²) in [6.45, 7) is 2.34. The Kier molecular flexibility index (Phi) is 6.43. The molecule has 0 spiro atoms. The number of urea groups is 1. The van der Waals surface area contributed by atoms with Crippen LogP contribution in [0.2, 0.25) is 0 Å². The van der Waals surface area contributed by atoms with Gasteiger partial charge in [0.2, 0.25) is 10.0 Å². The minimum atomic E-state index is -3.60. The fourth-order valence-corrected chi connectivity index (χ4v) is 5.46. The second kappa shape index (κ2) is 9.25. The minimum absolute atomic E-state index is 0.127. The summed E-state index contributed by atoms with van der Waals surface area (Å²) in [7, 11) is -3.60. The van der Waals surface area contributed by atoms with Crippen LogP contribution in [0.1, 0.15) is 23.2 Å². The Bertz CT molecular complexity index is 1090. The van der Waals surface area contributed by atoms with E-state index in [9.17, 15) is 22.4 Å². The number of sulfonamides is 1. The molecule has 0 bridgehead atoms. The van der Waals surface area contributed by atoms with E-state index in [0.717, 1.165) is 12.8 Å². The number of amides is 3. The van der Waals surface area contributed by atoms with Crippen LogP contribution in [0.3, 0.4) is 0 Å². The first kappa shape index (κ1) is 22.2. The lowest BCUT2D eigenvalue weighted by atomic mass is 10.2. The normalized spacial score (nSPS) is 17.4. The maximum Gasteiger partial charge on any atom is 0.321 e. The fraction of sp³-hybridized carbons (Fsp3) is 0.364. The Hall–Kier alpha value is -2.98. The summed E-state index contributed by atoms with van der Waals surface area (Å²) < 4.78 is 40.1. The molecule has 0 atom stereocenters. The number of nitrogens with one attached hydrogen (secondary N) is 1. The first-order chi connectivity index (χ1) is 15.3. The highest BCUT2D eigenvalue weighted by molar-refractivity contribution is 7.89. The van der Waals surface area contributed by atoms with Gasteiger partial charge in [-0.1, -0.05) is 6.07 Å². The Morgan fingerprint density at radius 1 is 0.844 bits per heavy atom. The van der Waals surface area contributed by atoms with E-state index in [2.05, 4.69) is 5.32 Å². The number of hydrogen-bond acceptors (Lipinski definition) is 4. The number of anilines is 1. The lowest BCUT2D eigenvalue weighted by molar-refractivity contribution is 0.0671. The van der Waals surface area contributed by atoms with E-state index in [0.29, 0.717) is 50.5 Å². The van der Waals surface area contributed by atoms with E-state index in [1.165, 1.54) is 40.7 Å². The third-order valence-electron chi connectivity index (χ3n) is 5.73. The maximum absolute atomic E-state index is 13.0. The molecule has 0 aromatic heterocycles. The standard InChI is InChI=1S/C22H25FN4O4S/c23-18-6-8-19(9-7-18)24-22(29)26-14-12-25(13-15-26)21(28)17-4-3-5-20(16-17)32(30,31)27-10-1-2-11-27/h3-9,16H,1-2,10-15H2,(H,24,29). The van der Waals surface area contributed by atoms with Crippen molar-refractivity contribution < 1.29 is 22.4 Å². The molecule has 2 aromatic carbocycles. The van der Waals surface area contributed by atoms with Crippen LogP contribution in [0.25, 0.3) is 0 Å². The van der Waals surface area contributed by atoms with Crippen molar-refractivity contribution in [1.29, 1.82) is 0 Å². The lowest BCUT2D eigenvalue weighted by Gasteiger charge is -2.34. The summed E-state index contributed by atoms with van der Waals surface area (Å²) in [5.41, 5.74) is 0.806. The molecule has 2 aliphatic heterocycles. The van der Waals surface area contributed by atoms with Crippen LogP contribution in [-0.4, -0.2) is 73.7 Å². The van der Waals surface area contributed by atoms with Crippen LogP contribution in [-0.2, 0) is 10.0 Å². The molecule has 2 aliphatic rings. The molecule has 2 heterocycles. The van der Waals surface area contributed by atoms with E-state index in [-0.39, 0.29) is 22.7 Å². The SMILES string of the molecule is O=C(Nc1ccc(F)cc1)N1CCN(C(=O)c2cccc(S(=O)(=O)N3CCCC3)c2)CC1. The van der Waals surface area contributed by atoms with Gasteiger partial charge >= 0.3 is 6.03 Å². The smallest absolute Gasteiger partial charge is 0.321 e. The molecule has 8 nitrogen and oxygen atoms in total. The van der Waals surface area contributed by atoms with E-state index in [4.69, 9.17) is 0 Å². The van der Waals surface area contributed by atoms with Crippen LogP contribution in [0.15, 0.2) is 53.4 Å². The molecule has 2 aromatic rings. The van der Waals surface area contributed by atoms with Gasteiger partial charge in [0.1, 0.15) is 5.82 Å². The van der Waals surface area contributed by atoms with E-state index < -0.39 is 10.0 Å². The molecule has 2 fully saturated rings. The molecule has 2 saturated heterocycles. The molecular weight excluding hydrogens is 435 g/mol. The number of nitrogens with zero attached hydrogens (tertiary/aromatic N) is 3. The number of carbonyl (C=O) groups excluding carboxylic acids is 2. The minimum Gasteiger partial charge on any atom is -0.335 e. The zero-order valence-corrected chi connectivity index (χ0v) is 18.4. The molecule has 4 rings (SSSR count). The highest BCUT2D eigenvalue weighted by atomic mass is 32.2. The van der Waals surface area contributed by atoms with Gasteiger partial charge in [-0.2, -0.15) is 4.31 Å². The monoisotopic (exact) mass is 460 g/mol. The van der Waals surface area contributed by atoms with Crippen LogP contribution in [0, 0.1) is 5.82 Å². The average Bonchev–Trinajstić information content (AvgIpc) is 3.36. The van der Waals surface area contributed by atoms with Gasteiger partial charge in [-0.3, -0.25) is 4.79 Å². The predicted octanol–water partition coefficient (Wildman–Crippen LogP) is 2.60. The summed E-state index contributed by atoms with van der Waals surface area (Å²) in [5, 5.41) is 2.71. The van der Waals surface area contributed by atoms with Crippen molar-refractivity contribution in [3.8, 4) is 0 Å². The summed E-state index contributed by atoms with van der Waals surface area (Å²) in [4.78, 5) is 28.7. The zero-order valence-electron chi connectivity index (χ0n) is 17.5. The van der Waals surface area contributed by atoms with Crippen molar-refractivity contribution in [3.05, 3.63) is 59.9 Å². The van der Waals surface area contributed by atoms with Gasteiger partial charge in [-0.25, -0.2) is 17.6 Å². The topological polar surface area (TPSA) is 90.0 Å². The summed E-state index contributed by atoms with van der Waals surface area (Å²) in [5.74, 6) is -0.644. The van der Waals surface area contributed by atoms with Crippen molar-refractivity contribution in [3.63, 3.8) is 0 Å². The quantitative estimate of drug-likeness (QED) is 0.760. The van der Waals surface area contributed by atoms with Crippen molar-refractivity contribution >= 4 is 27.6 Å².